The minimum Gasteiger partial charge on any atom is -0.465 e. The number of para-hydroxylation sites is 1. The van der Waals surface area contributed by atoms with Gasteiger partial charge in [0.2, 0.25) is 0 Å². The maximum absolute atomic E-state index is 12.1. The lowest BCUT2D eigenvalue weighted by Gasteiger charge is -2.08. The molecule has 9 heteroatoms. The van der Waals surface area contributed by atoms with Crippen LogP contribution in [0, 0.1) is 17.0 Å². The molecular formula is C18H16N2O7. The van der Waals surface area contributed by atoms with Gasteiger partial charge in [0.25, 0.3) is 11.6 Å². The number of hydrogen-bond donors (Lipinski definition) is 1. The summed E-state index contributed by atoms with van der Waals surface area (Å²) in [6, 6.07) is 10.1. The highest BCUT2D eigenvalue weighted by Gasteiger charge is 2.24. The molecular weight excluding hydrogens is 356 g/mol. The zero-order valence-corrected chi connectivity index (χ0v) is 14.6. The Kier molecular flexibility index (Phi) is 6.21. The molecule has 2 aromatic carbocycles. The van der Waals surface area contributed by atoms with Crippen LogP contribution in [-0.4, -0.2) is 36.5 Å². The first-order chi connectivity index (χ1) is 12.8. The first-order valence-electron chi connectivity index (χ1n) is 7.73. The number of nitro groups is 1. The normalized spacial score (nSPS) is 10.0. The van der Waals surface area contributed by atoms with Gasteiger partial charge in [-0.25, -0.2) is 9.59 Å². The smallest absolute Gasteiger partial charge is 0.345 e. The van der Waals surface area contributed by atoms with E-state index in [1.807, 2.05) is 0 Å². The maximum atomic E-state index is 12.1. The Morgan fingerprint density at radius 1 is 1.07 bits per heavy atom. The Hall–Kier alpha value is -3.75. The van der Waals surface area contributed by atoms with Crippen LogP contribution in [0.5, 0.6) is 0 Å². The summed E-state index contributed by atoms with van der Waals surface area (Å²) in [5.74, 6) is -2.12. The summed E-state index contributed by atoms with van der Waals surface area (Å²) in [4.78, 5) is 45.7. The number of benzene rings is 2. The molecule has 1 amide bonds. The van der Waals surface area contributed by atoms with Crippen LogP contribution in [-0.2, 0) is 14.3 Å². The third-order valence-corrected chi connectivity index (χ3v) is 3.56. The molecule has 0 atom stereocenters. The third-order valence-electron chi connectivity index (χ3n) is 3.56. The van der Waals surface area contributed by atoms with Gasteiger partial charge in [0.05, 0.1) is 17.6 Å². The molecule has 1 N–H and O–H groups in total. The van der Waals surface area contributed by atoms with E-state index in [1.165, 1.54) is 56.5 Å². The summed E-state index contributed by atoms with van der Waals surface area (Å²) in [7, 11) is 1.25. The van der Waals surface area contributed by atoms with Gasteiger partial charge in [-0.3, -0.25) is 14.9 Å². The van der Waals surface area contributed by atoms with Crippen LogP contribution in [0.15, 0.2) is 42.5 Å². The highest BCUT2D eigenvalue weighted by molar-refractivity contribution is 5.98. The van der Waals surface area contributed by atoms with Crippen molar-refractivity contribution in [1.29, 1.82) is 0 Å². The minimum absolute atomic E-state index is 0.227. The molecule has 0 aliphatic heterocycles. The molecule has 2 rings (SSSR count). The Bertz CT molecular complexity index is 891. The van der Waals surface area contributed by atoms with Crippen molar-refractivity contribution < 1.29 is 28.8 Å². The van der Waals surface area contributed by atoms with E-state index in [4.69, 9.17) is 4.74 Å². The van der Waals surface area contributed by atoms with Gasteiger partial charge >= 0.3 is 11.9 Å². The SMILES string of the molecule is COC(=O)c1ccc(NC(=O)COC(=O)c2cccc(C)c2[N+](=O)[O-])cc1. The number of carbonyl (C=O) groups excluding carboxylic acids is 3. The number of anilines is 1. The van der Waals surface area contributed by atoms with Gasteiger partial charge in [0.15, 0.2) is 6.61 Å². The second kappa shape index (κ2) is 8.56. The molecule has 140 valence electrons. The van der Waals surface area contributed by atoms with Gasteiger partial charge in [-0.05, 0) is 37.3 Å². The van der Waals surface area contributed by atoms with Crippen molar-refractivity contribution in [3.8, 4) is 0 Å². The molecule has 0 radical (unpaired) electrons. The molecule has 0 saturated heterocycles. The van der Waals surface area contributed by atoms with Crippen LogP contribution in [0.4, 0.5) is 11.4 Å². The topological polar surface area (TPSA) is 125 Å². The largest absolute Gasteiger partial charge is 0.465 e. The van der Waals surface area contributed by atoms with E-state index in [-0.39, 0.29) is 11.3 Å². The van der Waals surface area contributed by atoms with Crippen LogP contribution >= 0.6 is 0 Å². The zero-order chi connectivity index (χ0) is 20.0. The van der Waals surface area contributed by atoms with Crippen molar-refractivity contribution in [1.82, 2.24) is 0 Å². The molecule has 0 fully saturated rings. The second-order valence-corrected chi connectivity index (χ2v) is 5.42. The fourth-order valence-electron chi connectivity index (χ4n) is 2.28. The summed E-state index contributed by atoms with van der Waals surface area (Å²) < 4.78 is 9.43. The Balaban J connectivity index is 1.98. The van der Waals surface area contributed by atoms with Gasteiger partial charge in [0, 0.05) is 11.3 Å². The highest BCUT2D eigenvalue weighted by Crippen LogP contribution is 2.23. The lowest BCUT2D eigenvalue weighted by molar-refractivity contribution is -0.385. The number of carbonyl (C=O) groups is 3. The molecule has 2 aromatic rings. The van der Waals surface area contributed by atoms with Crippen LogP contribution in [0.3, 0.4) is 0 Å². The molecule has 0 saturated carbocycles. The lowest BCUT2D eigenvalue weighted by Crippen LogP contribution is -2.21. The number of ether oxygens (including phenoxy) is 2. The number of nitrogens with one attached hydrogen (secondary N) is 1. The number of nitrogens with zero attached hydrogens (tertiary/aromatic N) is 1. The van der Waals surface area contributed by atoms with Crippen molar-refractivity contribution in [3.05, 3.63) is 69.3 Å². The summed E-state index contributed by atoms with van der Waals surface area (Å²) in [5.41, 5.74) is 0.417. The van der Waals surface area contributed by atoms with E-state index in [0.29, 0.717) is 16.8 Å². The predicted octanol–water partition coefficient (Wildman–Crippen LogP) is 2.49. The molecule has 0 aromatic heterocycles. The van der Waals surface area contributed by atoms with Crippen molar-refractivity contribution in [2.75, 3.05) is 19.0 Å². The molecule has 0 aliphatic carbocycles. The number of methoxy groups -OCH3 is 1. The Labute approximate surface area is 154 Å². The average Bonchev–Trinajstić information content (AvgIpc) is 2.65. The number of amides is 1. The van der Waals surface area contributed by atoms with Gasteiger partial charge in [-0.2, -0.15) is 0 Å². The fourth-order valence-corrected chi connectivity index (χ4v) is 2.28. The average molecular weight is 372 g/mol. The molecule has 0 spiro atoms. The van der Waals surface area contributed by atoms with Crippen LogP contribution in [0.2, 0.25) is 0 Å². The molecule has 27 heavy (non-hydrogen) atoms. The van der Waals surface area contributed by atoms with E-state index < -0.39 is 29.4 Å². The highest BCUT2D eigenvalue weighted by atomic mass is 16.6. The predicted molar refractivity (Wildman–Crippen MR) is 94.5 cm³/mol. The molecule has 0 bridgehead atoms. The van der Waals surface area contributed by atoms with E-state index in [1.54, 1.807) is 0 Å². The summed E-state index contributed by atoms with van der Waals surface area (Å²) in [6.07, 6.45) is 0. The van der Waals surface area contributed by atoms with Gasteiger partial charge < -0.3 is 14.8 Å². The monoisotopic (exact) mass is 372 g/mol. The lowest BCUT2D eigenvalue weighted by atomic mass is 10.1. The first kappa shape index (κ1) is 19.6. The van der Waals surface area contributed by atoms with E-state index in [0.717, 1.165) is 0 Å². The van der Waals surface area contributed by atoms with Crippen molar-refractivity contribution in [3.63, 3.8) is 0 Å². The Morgan fingerprint density at radius 3 is 2.33 bits per heavy atom. The maximum Gasteiger partial charge on any atom is 0.345 e. The quantitative estimate of drug-likeness (QED) is 0.469. The number of hydrogen-bond acceptors (Lipinski definition) is 7. The van der Waals surface area contributed by atoms with E-state index >= 15 is 0 Å². The first-order valence-corrected chi connectivity index (χ1v) is 7.73. The zero-order valence-electron chi connectivity index (χ0n) is 14.6. The van der Waals surface area contributed by atoms with Gasteiger partial charge in [0.1, 0.15) is 5.56 Å². The van der Waals surface area contributed by atoms with Gasteiger partial charge in [-0.15, -0.1) is 0 Å². The minimum atomic E-state index is -0.971. The molecule has 0 aliphatic rings. The molecule has 9 nitrogen and oxygen atoms in total. The summed E-state index contributed by atoms with van der Waals surface area (Å²) in [5, 5.41) is 13.6. The number of aryl methyl sites for hydroxylation is 1. The van der Waals surface area contributed by atoms with Crippen LogP contribution in [0.25, 0.3) is 0 Å². The number of nitro benzene ring substituents is 1. The summed E-state index contributed by atoms with van der Waals surface area (Å²) >= 11 is 0. The molecule has 0 heterocycles. The van der Waals surface area contributed by atoms with Crippen molar-refractivity contribution in [2.24, 2.45) is 0 Å². The Morgan fingerprint density at radius 2 is 1.74 bits per heavy atom. The van der Waals surface area contributed by atoms with Gasteiger partial charge in [-0.1, -0.05) is 12.1 Å². The van der Waals surface area contributed by atoms with Crippen LogP contribution < -0.4 is 5.32 Å². The fraction of sp³-hybridized carbons (Fsp3) is 0.167. The third kappa shape index (κ3) is 4.88. The standard InChI is InChI=1S/C18H16N2O7/c1-11-4-3-5-14(16(11)20(24)25)18(23)27-10-15(21)19-13-8-6-12(7-9-13)17(22)26-2/h3-9H,10H2,1-2H3,(H,19,21). The number of esters is 2. The summed E-state index contributed by atoms with van der Waals surface area (Å²) in [6.45, 7) is 0.877. The second-order valence-electron chi connectivity index (χ2n) is 5.42. The number of rotatable bonds is 6. The molecule has 0 unspecified atom stereocenters. The van der Waals surface area contributed by atoms with Crippen molar-refractivity contribution >= 4 is 29.2 Å². The van der Waals surface area contributed by atoms with E-state index in [2.05, 4.69) is 10.1 Å². The van der Waals surface area contributed by atoms with Crippen LogP contribution in [0.1, 0.15) is 26.3 Å². The van der Waals surface area contributed by atoms with E-state index in [9.17, 15) is 24.5 Å². The van der Waals surface area contributed by atoms with Crippen molar-refractivity contribution in [2.45, 2.75) is 6.92 Å².